The Morgan fingerprint density at radius 1 is 1.39 bits per heavy atom. The van der Waals surface area contributed by atoms with Crippen LogP contribution in [-0.4, -0.2) is 32.1 Å². The number of anilines is 1. The van der Waals surface area contributed by atoms with Gasteiger partial charge in [-0.15, -0.1) is 0 Å². The fraction of sp³-hybridized carbons (Fsp3) is 0.500. The van der Waals surface area contributed by atoms with Crippen LogP contribution in [0.4, 0.5) is 5.69 Å². The van der Waals surface area contributed by atoms with Crippen molar-refractivity contribution in [3.63, 3.8) is 0 Å². The molecule has 1 aromatic rings. The van der Waals surface area contributed by atoms with Crippen LogP contribution in [0.15, 0.2) is 18.2 Å². The van der Waals surface area contributed by atoms with E-state index < -0.39 is 0 Å². The van der Waals surface area contributed by atoms with Gasteiger partial charge in [-0.25, -0.2) is 0 Å². The third-order valence-corrected chi connectivity index (χ3v) is 4.00. The van der Waals surface area contributed by atoms with Crippen molar-refractivity contribution in [2.75, 3.05) is 25.0 Å². The number of hydrogen-bond acceptors (Lipinski definition) is 3. The lowest BCUT2D eigenvalue weighted by molar-refractivity contribution is -0.124. The molecule has 1 unspecified atom stereocenters. The molecule has 4 heteroatoms. The monoisotopic (exact) mass is 245 g/mol. The number of fused-ring (bicyclic) bond motifs is 1. The van der Waals surface area contributed by atoms with Gasteiger partial charge in [0.15, 0.2) is 0 Å². The normalized spacial score (nSPS) is 27.0. The van der Waals surface area contributed by atoms with Crippen LogP contribution in [-0.2, 0) is 11.2 Å². The smallest absolute Gasteiger partial charge is 0.236 e. The number of nitrogens with one attached hydrogen (secondary N) is 2. The van der Waals surface area contributed by atoms with E-state index in [1.807, 2.05) is 6.92 Å². The first kappa shape index (κ1) is 11.5. The minimum Gasteiger partial charge on any atom is -0.374 e. The number of carbonyl (C=O) groups is 1. The van der Waals surface area contributed by atoms with Crippen molar-refractivity contribution in [3.05, 3.63) is 29.3 Å². The lowest BCUT2D eigenvalue weighted by Gasteiger charge is -2.30. The Hall–Kier alpha value is -1.55. The van der Waals surface area contributed by atoms with Crippen molar-refractivity contribution < 1.29 is 4.79 Å². The second kappa shape index (κ2) is 4.28. The first-order valence-electron chi connectivity index (χ1n) is 6.53. The summed E-state index contributed by atoms with van der Waals surface area (Å²) >= 11 is 0. The summed E-state index contributed by atoms with van der Waals surface area (Å²) in [5.41, 5.74) is 4.10. The largest absolute Gasteiger partial charge is 0.374 e. The van der Waals surface area contributed by atoms with Gasteiger partial charge >= 0.3 is 0 Å². The van der Waals surface area contributed by atoms with Crippen LogP contribution in [0.2, 0.25) is 0 Å². The van der Waals surface area contributed by atoms with Crippen LogP contribution in [0.1, 0.15) is 24.1 Å². The number of benzene rings is 1. The van der Waals surface area contributed by atoms with E-state index in [9.17, 15) is 4.79 Å². The number of rotatable bonds is 1. The quantitative estimate of drug-likeness (QED) is 0.770. The van der Waals surface area contributed by atoms with Gasteiger partial charge in [-0.3, -0.25) is 10.1 Å². The second-order valence-electron chi connectivity index (χ2n) is 5.20. The van der Waals surface area contributed by atoms with Gasteiger partial charge in [-0.2, -0.15) is 0 Å². The molecule has 2 aliphatic heterocycles. The first-order chi connectivity index (χ1) is 8.66. The van der Waals surface area contributed by atoms with Crippen molar-refractivity contribution in [1.82, 2.24) is 10.6 Å². The molecule has 2 heterocycles. The summed E-state index contributed by atoms with van der Waals surface area (Å²) in [7, 11) is 2.13. The molecule has 1 fully saturated rings. The van der Waals surface area contributed by atoms with E-state index in [0.717, 1.165) is 13.0 Å². The molecule has 18 heavy (non-hydrogen) atoms. The van der Waals surface area contributed by atoms with Crippen LogP contribution in [0.3, 0.4) is 0 Å². The topological polar surface area (TPSA) is 44.4 Å². The fourth-order valence-corrected chi connectivity index (χ4v) is 2.94. The molecule has 1 aromatic carbocycles. The highest BCUT2D eigenvalue weighted by atomic mass is 16.2. The predicted molar refractivity (Wildman–Crippen MR) is 71.8 cm³/mol. The lowest BCUT2D eigenvalue weighted by atomic mass is 9.96. The molecule has 2 aliphatic rings. The zero-order valence-electron chi connectivity index (χ0n) is 10.9. The summed E-state index contributed by atoms with van der Waals surface area (Å²) in [6.07, 6.45) is 1.10. The molecule has 0 aromatic heterocycles. The zero-order valence-corrected chi connectivity index (χ0v) is 10.9. The van der Waals surface area contributed by atoms with Gasteiger partial charge in [0.05, 0.1) is 12.1 Å². The van der Waals surface area contributed by atoms with Crippen LogP contribution in [0.25, 0.3) is 0 Å². The predicted octanol–water partition coefficient (Wildman–Crippen LogP) is 0.828. The Balaban J connectivity index is 1.92. The van der Waals surface area contributed by atoms with Crippen molar-refractivity contribution in [2.45, 2.75) is 25.4 Å². The highest BCUT2D eigenvalue weighted by Crippen LogP contribution is 2.33. The Morgan fingerprint density at radius 2 is 2.22 bits per heavy atom. The number of piperazine rings is 1. The second-order valence-corrected chi connectivity index (χ2v) is 5.20. The highest BCUT2D eigenvalue weighted by Gasteiger charge is 2.28. The van der Waals surface area contributed by atoms with E-state index in [1.165, 1.54) is 16.8 Å². The molecule has 2 atom stereocenters. The van der Waals surface area contributed by atoms with E-state index in [0.29, 0.717) is 6.54 Å². The van der Waals surface area contributed by atoms with Crippen molar-refractivity contribution in [2.24, 2.45) is 0 Å². The maximum Gasteiger partial charge on any atom is 0.236 e. The van der Waals surface area contributed by atoms with Gasteiger partial charge in [-0.05, 0) is 30.5 Å². The van der Waals surface area contributed by atoms with E-state index in [1.54, 1.807) is 0 Å². The van der Waals surface area contributed by atoms with E-state index in [4.69, 9.17) is 0 Å². The van der Waals surface area contributed by atoms with Crippen molar-refractivity contribution in [1.29, 1.82) is 0 Å². The van der Waals surface area contributed by atoms with E-state index >= 15 is 0 Å². The average molecular weight is 245 g/mol. The molecule has 1 saturated heterocycles. The van der Waals surface area contributed by atoms with Gasteiger partial charge in [0.2, 0.25) is 5.91 Å². The Bertz CT molecular complexity index is 486. The number of nitrogens with zero attached hydrogens (tertiary/aromatic N) is 1. The van der Waals surface area contributed by atoms with Gasteiger partial charge in [-0.1, -0.05) is 12.1 Å². The standard InChI is InChI=1S/C14H19N3O/c1-9-14(18)15-8-12(16-9)10-4-3-5-13-11(10)6-7-17(13)2/h3-5,9,12,16H,6-8H2,1-2H3,(H,15,18)/t9-,12?/m0/s1. The van der Waals surface area contributed by atoms with Crippen LogP contribution in [0, 0.1) is 0 Å². The SMILES string of the molecule is C[C@@H]1NC(c2cccc3c2CCN3C)CNC1=O. The van der Waals surface area contributed by atoms with Crippen molar-refractivity contribution in [3.8, 4) is 0 Å². The molecule has 0 spiro atoms. The molecule has 0 radical (unpaired) electrons. The van der Waals surface area contributed by atoms with E-state index in [2.05, 4.69) is 40.8 Å². The summed E-state index contributed by atoms with van der Waals surface area (Å²) in [6.45, 7) is 3.68. The van der Waals surface area contributed by atoms with Crippen LogP contribution in [0.5, 0.6) is 0 Å². The zero-order chi connectivity index (χ0) is 12.7. The van der Waals surface area contributed by atoms with Gasteiger partial charge in [0, 0.05) is 25.8 Å². The number of amides is 1. The summed E-state index contributed by atoms with van der Waals surface area (Å²) in [5.74, 6) is 0.0935. The third kappa shape index (κ3) is 1.77. The third-order valence-electron chi connectivity index (χ3n) is 4.00. The average Bonchev–Trinajstić information content (AvgIpc) is 2.75. The lowest BCUT2D eigenvalue weighted by Crippen LogP contribution is -2.53. The molecule has 1 amide bonds. The van der Waals surface area contributed by atoms with Gasteiger partial charge in [0.1, 0.15) is 0 Å². The molecule has 4 nitrogen and oxygen atoms in total. The fourth-order valence-electron chi connectivity index (χ4n) is 2.94. The number of likely N-dealkylation sites (N-methyl/N-ethyl adjacent to an activating group) is 1. The summed E-state index contributed by atoms with van der Waals surface area (Å²) < 4.78 is 0. The minimum atomic E-state index is -0.112. The number of carbonyl (C=O) groups excluding carboxylic acids is 1. The summed E-state index contributed by atoms with van der Waals surface area (Å²) in [4.78, 5) is 13.8. The van der Waals surface area contributed by atoms with Crippen LogP contribution >= 0.6 is 0 Å². The molecule has 0 aliphatic carbocycles. The Morgan fingerprint density at radius 3 is 3.00 bits per heavy atom. The van der Waals surface area contributed by atoms with E-state index in [-0.39, 0.29) is 18.0 Å². The summed E-state index contributed by atoms with van der Waals surface area (Å²) in [5, 5.41) is 6.36. The molecule has 3 rings (SSSR count). The molecule has 0 bridgehead atoms. The van der Waals surface area contributed by atoms with Gasteiger partial charge in [0.25, 0.3) is 0 Å². The highest BCUT2D eigenvalue weighted by molar-refractivity contribution is 5.82. The molecular formula is C14H19N3O. The number of hydrogen-bond donors (Lipinski definition) is 2. The minimum absolute atomic E-state index is 0.0935. The van der Waals surface area contributed by atoms with Crippen LogP contribution < -0.4 is 15.5 Å². The molecule has 0 saturated carbocycles. The van der Waals surface area contributed by atoms with Gasteiger partial charge < -0.3 is 10.2 Å². The Labute approximate surface area is 107 Å². The maximum atomic E-state index is 11.5. The van der Waals surface area contributed by atoms with Crippen molar-refractivity contribution >= 4 is 11.6 Å². The molecule has 96 valence electrons. The Kier molecular flexibility index (Phi) is 2.74. The maximum absolute atomic E-state index is 11.5. The molecule has 2 N–H and O–H groups in total. The summed E-state index contributed by atoms with van der Waals surface area (Å²) in [6, 6.07) is 6.59. The first-order valence-corrected chi connectivity index (χ1v) is 6.53. The molecular weight excluding hydrogens is 226 g/mol.